The van der Waals surface area contributed by atoms with E-state index in [1.54, 1.807) is 0 Å². The molecule has 7 N–H and O–H groups in total. The molecular weight excluding hydrogens is 781 g/mol. The van der Waals surface area contributed by atoms with Gasteiger partial charge >= 0.3 is 25.1 Å². The number of halogens is 5. The summed E-state index contributed by atoms with van der Waals surface area (Å²) >= 11 is 12.1. The number of carbonyl (C=O) groups is 5. The Morgan fingerprint density at radius 1 is 0.891 bits per heavy atom. The van der Waals surface area contributed by atoms with Crippen LogP contribution in [0.5, 0.6) is 23.0 Å². The van der Waals surface area contributed by atoms with Crippen molar-refractivity contribution in [3.63, 3.8) is 0 Å². The predicted molar refractivity (Wildman–Crippen MR) is 184 cm³/mol. The number of rotatable bonds is 7. The molecule has 0 saturated carbocycles. The summed E-state index contributed by atoms with van der Waals surface area (Å²) in [7, 11) is -1.96. The number of hydrogen-bond donors (Lipinski definition) is 7. The number of fused-ring (bicyclic) bond motifs is 1. The lowest BCUT2D eigenvalue weighted by Gasteiger charge is -2.36. The number of piperidine rings is 1. The van der Waals surface area contributed by atoms with Gasteiger partial charge in [0.2, 0.25) is 5.91 Å². The van der Waals surface area contributed by atoms with Crippen LogP contribution in [-0.2, 0) is 11.2 Å². The summed E-state index contributed by atoms with van der Waals surface area (Å²) in [5, 5.41) is 53.5. The molecule has 0 bridgehead atoms. The maximum atomic E-state index is 14.7. The number of urea groups is 2. The molecule has 0 unspecified atom stereocenters. The van der Waals surface area contributed by atoms with Crippen LogP contribution in [0.4, 0.5) is 22.8 Å². The molecule has 0 aliphatic carbocycles. The quantitative estimate of drug-likeness (QED) is 0.135. The number of carboxylic acid groups (broad SMARTS) is 1. The molecule has 3 heterocycles. The third-order valence-electron chi connectivity index (χ3n) is 9.55. The van der Waals surface area contributed by atoms with Gasteiger partial charge in [0.05, 0.1) is 21.5 Å². The van der Waals surface area contributed by atoms with Crippen molar-refractivity contribution in [2.75, 3.05) is 26.2 Å². The van der Waals surface area contributed by atoms with Gasteiger partial charge in [0.15, 0.2) is 17.3 Å². The fourth-order valence-corrected chi connectivity index (χ4v) is 7.19. The van der Waals surface area contributed by atoms with Crippen molar-refractivity contribution < 1.29 is 67.2 Å². The van der Waals surface area contributed by atoms with E-state index in [9.17, 15) is 62.6 Å². The summed E-state index contributed by atoms with van der Waals surface area (Å²) in [5.74, 6) is -11.9. The first kappa shape index (κ1) is 39.1. The van der Waals surface area contributed by atoms with Gasteiger partial charge < -0.3 is 50.5 Å². The molecule has 0 aromatic heterocycles. The van der Waals surface area contributed by atoms with Crippen LogP contribution in [0.2, 0.25) is 10.0 Å². The van der Waals surface area contributed by atoms with E-state index in [0.29, 0.717) is 6.07 Å². The molecule has 3 aromatic carbocycles. The Labute approximate surface area is 318 Å². The van der Waals surface area contributed by atoms with Crippen LogP contribution >= 0.6 is 23.2 Å². The predicted octanol–water partition coefficient (Wildman–Crippen LogP) is 3.16. The topological polar surface area (TPSA) is 230 Å². The first-order chi connectivity index (χ1) is 26.0. The molecule has 16 nitrogen and oxygen atoms in total. The van der Waals surface area contributed by atoms with Crippen LogP contribution in [0.3, 0.4) is 0 Å². The van der Waals surface area contributed by atoms with Crippen LogP contribution in [0, 0.1) is 17.5 Å². The zero-order chi connectivity index (χ0) is 40.0. The van der Waals surface area contributed by atoms with Crippen LogP contribution < -0.4 is 15.3 Å². The molecule has 55 heavy (non-hydrogen) atoms. The fraction of sp³-hybridized carbons (Fsp3) is 0.303. The summed E-state index contributed by atoms with van der Waals surface area (Å²) in [5.41, 5.74) is -1.86. The third kappa shape index (κ3) is 7.31. The van der Waals surface area contributed by atoms with Gasteiger partial charge in [-0.15, -0.1) is 0 Å². The standard InChI is InChI=1S/C33H29BCl2F3N5O11/c35-23-15(12-18(39)26(46)27(23)47)25(29(48)40-20-11-13-1-2-17(38)22(31(50)51)28(13)55-34(20)54)41-32(52)44-10-9-43(33(44)53)14-5-7-42(8-6-14)30(49)21-16(37)3-4-19(45)24(21)36/h1-4,12,14,20,25,45-47,54H,5-11H2,(H,40,48)(H,41,52)(H,50,51)/t20-,25-/m0/s1. The summed E-state index contributed by atoms with van der Waals surface area (Å²) in [6.07, 6.45) is 0.118. The Morgan fingerprint density at radius 2 is 1.55 bits per heavy atom. The number of amides is 6. The first-order valence-electron chi connectivity index (χ1n) is 16.4. The van der Waals surface area contributed by atoms with Gasteiger partial charge in [-0.3, -0.25) is 9.59 Å². The van der Waals surface area contributed by atoms with Crippen LogP contribution in [0.15, 0.2) is 30.3 Å². The van der Waals surface area contributed by atoms with E-state index in [1.165, 1.54) is 15.9 Å². The van der Waals surface area contributed by atoms with Gasteiger partial charge in [0.1, 0.15) is 34.7 Å². The Balaban J connectivity index is 1.17. The van der Waals surface area contributed by atoms with Gasteiger partial charge in [0, 0.05) is 37.8 Å². The number of phenols is 3. The van der Waals surface area contributed by atoms with E-state index in [0.717, 1.165) is 23.1 Å². The molecule has 0 spiro atoms. The number of likely N-dealkylation sites (tertiary alicyclic amines) is 1. The Bertz CT molecular complexity index is 2130. The van der Waals surface area contributed by atoms with Crippen LogP contribution in [0.1, 0.15) is 50.7 Å². The molecular formula is C33H29BCl2F3N5O11. The Hall–Kier alpha value is -5.60. The minimum atomic E-state index is -2.00. The molecule has 2 fully saturated rings. The van der Waals surface area contributed by atoms with Crippen molar-refractivity contribution in [1.29, 1.82) is 0 Å². The number of carbonyl (C=O) groups excluding carboxylic acids is 4. The highest BCUT2D eigenvalue weighted by Crippen LogP contribution is 2.41. The molecule has 0 radical (unpaired) electrons. The number of nitrogens with zero attached hydrogens (tertiary/aromatic N) is 3. The number of benzene rings is 3. The zero-order valence-corrected chi connectivity index (χ0v) is 29.6. The smallest absolute Gasteiger partial charge is 0.534 e. The number of nitrogens with one attached hydrogen (secondary N) is 2. The molecule has 22 heteroatoms. The molecule has 290 valence electrons. The second-order valence-corrected chi connectivity index (χ2v) is 13.5. The first-order valence-corrected chi connectivity index (χ1v) is 17.2. The second-order valence-electron chi connectivity index (χ2n) is 12.8. The van der Waals surface area contributed by atoms with Crippen molar-refractivity contribution in [3.05, 3.63) is 80.1 Å². The molecule has 2 saturated heterocycles. The van der Waals surface area contributed by atoms with E-state index < -0.39 is 122 Å². The van der Waals surface area contributed by atoms with E-state index in [4.69, 9.17) is 27.9 Å². The number of phenolic OH excluding ortho intramolecular Hbond substituents is 3. The largest absolute Gasteiger partial charge is 0.547 e. The maximum Gasteiger partial charge on any atom is 0.547 e. The lowest BCUT2D eigenvalue weighted by atomic mass is 9.72. The molecule has 2 atom stereocenters. The van der Waals surface area contributed by atoms with E-state index in [-0.39, 0.29) is 51.0 Å². The summed E-state index contributed by atoms with van der Waals surface area (Å²) in [6, 6.07) is 0.0188. The molecule has 6 amide bonds. The van der Waals surface area contributed by atoms with Crippen LogP contribution in [0.25, 0.3) is 0 Å². The SMILES string of the molecule is O=C(O)c1c(F)ccc2c1OB(O)[C@@H](NC(=O)[C@@H](NC(=O)N1CCN(C3CCN(C(=O)c4c(F)ccc(O)c4Cl)CC3)C1=O)c1cc(F)c(O)c(O)c1Cl)C2. The number of carboxylic acids is 1. The van der Waals surface area contributed by atoms with Gasteiger partial charge in [-0.2, -0.15) is 0 Å². The average Bonchev–Trinajstić information content (AvgIpc) is 3.54. The highest BCUT2D eigenvalue weighted by molar-refractivity contribution is 6.47. The zero-order valence-electron chi connectivity index (χ0n) is 28.1. The van der Waals surface area contributed by atoms with Gasteiger partial charge in [-0.05, 0) is 49.1 Å². The van der Waals surface area contributed by atoms with Gasteiger partial charge in [0.25, 0.3) is 5.91 Å². The lowest BCUT2D eigenvalue weighted by Crippen LogP contribution is -2.56. The fourth-order valence-electron chi connectivity index (χ4n) is 6.70. The second kappa shape index (κ2) is 15.3. The monoisotopic (exact) mass is 809 g/mol. The lowest BCUT2D eigenvalue weighted by molar-refractivity contribution is -0.123. The Morgan fingerprint density at radius 3 is 2.22 bits per heavy atom. The normalized spacial score (nSPS) is 17.8. The summed E-state index contributed by atoms with van der Waals surface area (Å²) < 4.78 is 48.6. The van der Waals surface area contributed by atoms with Crippen molar-refractivity contribution >= 4 is 60.2 Å². The average molecular weight is 810 g/mol. The van der Waals surface area contributed by atoms with Gasteiger partial charge in [-0.25, -0.2) is 32.5 Å². The molecule has 3 aromatic rings. The highest BCUT2D eigenvalue weighted by atomic mass is 35.5. The number of aromatic hydroxyl groups is 3. The van der Waals surface area contributed by atoms with Crippen molar-refractivity contribution in [2.24, 2.45) is 0 Å². The van der Waals surface area contributed by atoms with E-state index in [2.05, 4.69) is 10.6 Å². The molecule has 6 rings (SSSR count). The van der Waals surface area contributed by atoms with Crippen molar-refractivity contribution in [1.82, 2.24) is 25.3 Å². The minimum Gasteiger partial charge on any atom is -0.534 e. The van der Waals surface area contributed by atoms with Crippen molar-refractivity contribution in [3.8, 4) is 23.0 Å². The molecule has 3 aliphatic heterocycles. The molecule has 3 aliphatic rings. The van der Waals surface area contributed by atoms with E-state index >= 15 is 0 Å². The van der Waals surface area contributed by atoms with Crippen LogP contribution in [-0.4, -0.2) is 115 Å². The van der Waals surface area contributed by atoms with E-state index in [1.807, 2.05) is 0 Å². The maximum absolute atomic E-state index is 14.7. The summed E-state index contributed by atoms with van der Waals surface area (Å²) in [6.45, 7) is -0.0433. The number of hydrogen-bond acceptors (Lipinski definition) is 10. The number of aromatic carboxylic acids is 1. The third-order valence-corrected chi connectivity index (χ3v) is 10.3. The Kier molecular flexibility index (Phi) is 10.9. The number of imide groups is 1. The minimum absolute atomic E-state index is 0.0219. The summed E-state index contributed by atoms with van der Waals surface area (Å²) in [4.78, 5) is 69.0. The highest BCUT2D eigenvalue weighted by Gasteiger charge is 2.43. The van der Waals surface area contributed by atoms with Gasteiger partial charge in [-0.1, -0.05) is 29.3 Å². The van der Waals surface area contributed by atoms with Crippen molar-refractivity contribution in [2.45, 2.75) is 37.3 Å².